The fourth-order valence-electron chi connectivity index (χ4n) is 2.06. The molecule has 15 heavy (non-hydrogen) atoms. The lowest BCUT2D eigenvalue weighted by Crippen LogP contribution is -1.99. The molecule has 0 bridgehead atoms. The predicted octanol–water partition coefficient (Wildman–Crippen LogP) is 1.82. The van der Waals surface area contributed by atoms with E-state index in [0.717, 1.165) is 22.2 Å². The molecule has 76 valence electrons. The summed E-state index contributed by atoms with van der Waals surface area (Å²) in [6, 6.07) is 7.97. The van der Waals surface area contributed by atoms with Gasteiger partial charge >= 0.3 is 0 Å². The first kappa shape index (κ1) is 9.75. The highest BCUT2D eigenvalue weighted by Gasteiger charge is 2.12. The van der Waals surface area contributed by atoms with Crippen molar-refractivity contribution in [2.24, 2.45) is 12.8 Å². The van der Waals surface area contributed by atoms with Crippen LogP contribution in [0.5, 0.6) is 0 Å². The molecule has 3 heteroatoms. The molecule has 2 rings (SSSR count). The van der Waals surface area contributed by atoms with Gasteiger partial charge in [0.25, 0.3) is 0 Å². The first-order valence-electron chi connectivity index (χ1n) is 4.87. The summed E-state index contributed by atoms with van der Waals surface area (Å²) >= 11 is 0. The van der Waals surface area contributed by atoms with Crippen molar-refractivity contribution in [2.75, 3.05) is 0 Å². The molecule has 0 radical (unpaired) electrons. The molecule has 1 aromatic heterocycles. The third-order valence-corrected chi connectivity index (χ3v) is 2.96. The van der Waals surface area contributed by atoms with Crippen LogP contribution < -0.4 is 5.73 Å². The van der Waals surface area contributed by atoms with E-state index in [2.05, 4.69) is 6.07 Å². The number of nitrogens with zero attached hydrogens (tertiary/aromatic N) is 2. The molecule has 0 aliphatic heterocycles. The minimum atomic E-state index is 0.512. The summed E-state index contributed by atoms with van der Waals surface area (Å²) in [7, 11) is 1.97. The quantitative estimate of drug-likeness (QED) is 0.761. The van der Waals surface area contributed by atoms with Crippen LogP contribution in [0.15, 0.2) is 18.2 Å². The summed E-state index contributed by atoms with van der Waals surface area (Å²) in [5.74, 6) is 0. The molecular weight excluding hydrogens is 186 g/mol. The van der Waals surface area contributed by atoms with Crippen molar-refractivity contribution in [1.29, 1.82) is 5.26 Å². The number of nitriles is 1. The number of aromatic nitrogens is 1. The summed E-state index contributed by atoms with van der Waals surface area (Å²) in [6.45, 7) is 2.54. The third kappa shape index (κ3) is 1.23. The summed E-state index contributed by atoms with van der Waals surface area (Å²) in [5.41, 5.74) is 9.68. The average Bonchev–Trinajstić information content (AvgIpc) is 2.51. The van der Waals surface area contributed by atoms with E-state index < -0.39 is 0 Å². The summed E-state index contributed by atoms with van der Waals surface area (Å²) < 4.78 is 2.04. The predicted molar refractivity (Wildman–Crippen MR) is 60.3 cm³/mol. The van der Waals surface area contributed by atoms with Crippen molar-refractivity contribution in [3.05, 3.63) is 35.0 Å². The number of fused-ring (bicyclic) bond motifs is 1. The maximum Gasteiger partial charge on any atom is 0.101 e. The molecule has 1 aromatic carbocycles. The first-order valence-corrected chi connectivity index (χ1v) is 4.87. The molecule has 2 N–H and O–H groups in total. The van der Waals surface area contributed by atoms with Crippen LogP contribution in [0.4, 0.5) is 0 Å². The van der Waals surface area contributed by atoms with Gasteiger partial charge in [0.15, 0.2) is 0 Å². The van der Waals surface area contributed by atoms with E-state index in [9.17, 15) is 0 Å². The highest BCUT2D eigenvalue weighted by molar-refractivity contribution is 5.89. The molecule has 0 aliphatic carbocycles. The van der Waals surface area contributed by atoms with Gasteiger partial charge in [0.1, 0.15) is 6.07 Å². The number of rotatable bonds is 1. The van der Waals surface area contributed by atoms with Crippen LogP contribution in [0.3, 0.4) is 0 Å². The Morgan fingerprint density at radius 3 is 2.80 bits per heavy atom. The fraction of sp³-hybridized carbons (Fsp3) is 0.250. The Bertz CT molecular complexity index is 558. The van der Waals surface area contributed by atoms with Gasteiger partial charge < -0.3 is 10.3 Å². The smallest absolute Gasteiger partial charge is 0.101 e. The molecule has 0 spiro atoms. The number of hydrogen-bond acceptors (Lipinski definition) is 2. The maximum absolute atomic E-state index is 9.04. The van der Waals surface area contributed by atoms with Crippen molar-refractivity contribution >= 4 is 10.9 Å². The van der Waals surface area contributed by atoms with Gasteiger partial charge in [0.05, 0.1) is 11.1 Å². The maximum atomic E-state index is 9.04. The molecule has 0 amide bonds. The van der Waals surface area contributed by atoms with E-state index in [1.54, 1.807) is 0 Å². The normalized spacial score (nSPS) is 10.5. The Morgan fingerprint density at radius 2 is 2.20 bits per heavy atom. The minimum Gasteiger partial charge on any atom is -0.347 e. The Hall–Kier alpha value is -1.79. The zero-order valence-corrected chi connectivity index (χ0v) is 8.91. The fourth-order valence-corrected chi connectivity index (χ4v) is 2.06. The van der Waals surface area contributed by atoms with Crippen LogP contribution in [-0.2, 0) is 13.6 Å². The lowest BCUT2D eigenvalue weighted by atomic mass is 10.1. The van der Waals surface area contributed by atoms with E-state index in [4.69, 9.17) is 11.0 Å². The second-order valence-corrected chi connectivity index (χ2v) is 3.64. The Balaban J connectivity index is 2.98. The number of para-hydroxylation sites is 1. The highest BCUT2D eigenvalue weighted by Crippen LogP contribution is 2.26. The topological polar surface area (TPSA) is 54.7 Å². The van der Waals surface area contributed by atoms with Crippen LogP contribution in [0, 0.1) is 18.3 Å². The Kier molecular flexibility index (Phi) is 2.22. The van der Waals surface area contributed by atoms with Crippen molar-refractivity contribution in [3.63, 3.8) is 0 Å². The van der Waals surface area contributed by atoms with Crippen molar-refractivity contribution in [1.82, 2.24) is 4.57 Å². The zero-order chi connectivity index (χ0) is 11.0. The lowest BCUT2D eigenvalue weighted by molar-refractivity contribution is 0.893. The molecule has 2 aromatic rings. The standard InChI is InChI=1S/C12H13N3/c1-8-11(7-14)10-5-3-4-9(6-13)12(10)15(8)2/h3-5H,7,14H2,1-2H3. The van der Waals surface area contributed by atoms with Crippen LogP contribution in [-0.4, -0.2) is 4.57 Å². The van der Waals surface area contributed by atoms with Crippen LogP contribution in [0.25, 0.3) is 10.9 Å². The summed E-state index contributed by atoms with van der Waals surface area (Å²) in [5, 5.41) is 10.1. The van der Waals surface area contributed by atoms with Crippen molar-refractivity contribution < 1.29 is 0 Å². The summed E-state index contributed by atoms with van der Waals surface area (Å²) in [4.78, 5) is 0. The van der Waals surface area contributed by atoms with Gasteiger partial charge in [-0.25, -0.2) is 0 Å². The van der Waals surface area contributed by atoms with E-state index >= 15 is 0 Å². The highest BCUT2D eigenvalue weighted by atomic mass is 14.9. The molecule has 0 fully saturated rings. The number of aryl methyl sites for hydroxylation is 1. The summed E-state index contributed by atoms with van der Waals surface area (Å²) in [6.07, 6.45) is 0. The van der Waals surface area contributed by atoms with Crippen LogP contribution in [0.2, 0.25) is 0 Å². The molecule has 0 saturated heterocycles. The second kappa shape index (κ2) is 3.41. The van der Waals surface area contributed by atoms with Crippen LogP contribution in [0.1, 0.15) is 16.8 Å². The van der Waals surface area contributed by atoms with Gasteiger partial charge in [-0.1, -0.05) is 12.1 Å². The third-order valence-electron chi connectivity index (χ3n) is 2.96. The monoisotopic (exact) mass is 199 g/mol. The number of benzene rings is 1. The van der Waals surface area contributed by atoms with Crippen LogP contribution >= 0.6 is 0 Å². The second-order valence-electron chi connectivity index (χ2n) is 3.64. The minimum absolute atomic E-state index is 0.512. The van der Waals surface area contributed by atoms with E-state index in [1.165, 1.54) is 0 Å². The Labute approximate surface area is 88.7 Å². The zero-order valence-electron chi connectivity index (χ0n) is 8.91. The van der Waals surface area contributed by atoms with Crippen molar-refractivity contribution in [2.45, 2.75) is 13.5 Å². The van der Waals surface area contributed by atoms with Crippen molar-refractivity contribution in [3.8, 4) is 6.07 Å². The average molecular weight is 199 g/mol. The lowest BCUT2D eigenvalue weighted by Gasteiger charge is -1.99. The molecule has 3 nitrogen and oxygen atoms in total. The van der Waals surface area contributed by atoms with Gasteiger partial charge in [-0.3, -0.25) is 0 Å². The molecule has 0 unspecified atom stereocenters. The Morgan fingerprint density at radius 1 is 1.47 bits per heavy atom. The molecule has 1 heterocycles. The SMILES string of the molecule is Cc1c(CN)c2cccc(C#N)c2n1C. The number of nitrogens with two attached hydrogens (primary N) is 1. The van der Waals surface area contributed by atoms with E-state index in [-0.39, 0.29) is 0 Å². The molecular formula is C12H13N3. The van der Waals surface area contributed by atoms with Gasteiger partial charge in [-0.05, 0) is 18.6 Å². The van der Waals surface area contributed by atoms with Gasteiger partial charge in [-0.2, -0.15) is 5.26 Å². The van der Waals surface area contributed by atoms with Gasteiger partial charge in [0.2, 0.25) is 0 Å². The first-order chi connectivity index (χ1) is 7.20. The largest absolute Gasteiger partial charge is 0.347 e. The molecule has 0 saturated carbocycles. The van der Waals surface area contributed by atoms with E-state index in [0.29, 0.717) is 12.1 Å². The molecule has 0 aliphatic rings. The van der Waals surface area contributed by atoms with Gasteiger partial charge in [0, 0.05) is 24.7 Å². The number of hydrogen-bond donors (Lipinski definition) is 1. The van der Waals surface area contributed by atoms with E-state index in [1.807, 2.05) is 36.7 Å². The van der Waals surface area contributed by atoms with Gasteiger partial charge in [-0.15, -0.1) is 0 Å². The molecule has 0 atom stereocenters.